The zero-order valence-electron chi connectivity index (χ0n) is 14.7. The third-order valence-electron chi connectivity index (χ3n) is 4.58. The Labute approximate surface area is 146 Å². The molecule has 7 nitrogen and oxygen atoms in total. The molecule has 1 fully saturated rings. The summed E-state index contributed by atoms with van der Waals surface area (Å²) in [5.74, 6) is 0.634. The zero-order valence-corrected chi connectivity index (χ0v) is 14.7. The smallest absolute Gasteiger partial charge is 0.252 e. The molecule has 0 bridgehead atoms. The van der Waals surface area contributed by atoms with Crippen LogP contribution in [0.3, 0.4) is 0 Å². The number of hydrogen-bond donors (Lipinski definition) is 2. The van der Waals surface area contributed by atoms with E-state index in [1.807, 2.05) is 13.0 Å². The average molecular weight is 342 g/mol. The number of aromatic nitrogens is 2. The number of aryl methyl sites for hydroxylation is 2. The van der Waals surface area contributed by atoms with Gasteiger partial charge < -0.3 is 15.2 Å². The lowest BCUT2D eigenvalue weighted by Gasteiger charge is -2.27. The topological polar surface area (TPSA) is 97.1 Å². The van der Waals surface area contributed by atoms with Crippen LogP contribution in [0.1, 0.15) is 60.2 Å². The summed E-state index contributed by atoms with van der Waals surface area (Å²) in [5.41, 5.74) is 1.43. The summed E-state index contributed by atoms with van der Waals surface area (Å²) in [4.78, 5) is 28.5. The number of anilines is 1. The van der Waals surface area contributed by atoms with E-state index in [0.29, 0.717) is 23.0 Å². The van der Waals surface area contributed by atoms with Gasteiger partial charge in [-0.1, -0.05) is 24.1 Å². The fraction of sp³-hybridized carbons (Fsp3) is 0.444. The molecule has 132 valence electrons. The van der Waals surface area contributed by atoms with Crippen LogP contribution in [0.15, 0.2) is 22.7 Å². The van der Waals surface area contributed by atoms with Gasteiger partial charge in [-0.2, -0.15) is 4.98 Å². The second-order valence-electron chi connectivity index (χ2n) is 6.59. The molecule has 25 heavy (non-hydrogen) atoms. The van der Waals surface area contributed by atoms with Crippen LogP contribution in [-0.2, 0) is 10.3 Å². The van der Waals surface area contributed by atoms with Crippen LogP contribution < -0.4 is 10.6 Å². The quantitative estimate of drug-likeness (QED) is 0.890. The van der Waals surface area contributed by atoms with Crippen molar-refractivity contribution in [2.75, 3.05) is 5.32 Å². The molecule has 1 heterocycles. The van der Waals surface area contributed by atoms with Gasteiger partial charge in [0.05, 0.1) is 0 Å². The highest BCUT2D eigenvalue weighted by molar-refractivity contribution is 5.97. The van der Waals surface area contributed by atoms with Crippen molar-refractivity contribution >= 4 is 17.5 Å². The lowest BCUT2D eigenvalue weighted by Crippen LogP contribution is -2.44. The van der Waals surface area contributed by atoms with Crippen LogP contribution in [0.2, 0.25) is 0 Å². The number of rotatable bonds is 4. The van der Waals surface area contributed by atoms with Crippen molar-refractivity contribution in [1.29, 1.82) is 0 Å². The Bertz CT molecular complexity index is 806. The van der Waals surface area contributed by atoms with Gasteiger partial charge in [0, 0.05) is 25.1 Å². The second-order valence-corrected chi connectivity index (χ2v) is 6.59. The molecule has 2 N–H and O–H groups in total. The Morgan fingerprint density at radius 3 is 2.52 bits per heavy atom. The largest absolute Gasteiger partial charge is 0.340 e. The van der Waals surface area contributed by atoms with Gasteiger partial charge in [-0.05, 0) is 37.5 Å². The minimum Gasteiger partial charge on any atom is -0.340 e. The first-order chi connectivity index (χ1) is 11.9. The molecule has 0 aliphatic heterocycles. The standard InChI is InChI=1S/C18H22N4O3/c1-11-6-7-14(10-15(11)19-12(2)23)16(24)21-18(8-4-5-9-18)17-20-13(3)25-22-17/h6-7,10H,4-5,8-9H2,1-3H3,(H,19,23)(H,21,24). The Balaban J connectivity index is 1.86. The number of nitrogens with one attached hydrogen (secondary N) is 2. The van der Waals surface area contributed by atoms with Gasteiger partial charge in [-0.25, -0.2) is 0 Å². The van der Waals surface area contributed by atoms with Crippen LogP contribution in [0.4, 0.5) is 5.69 Å². The summed E-state index contributed by atoms with van der Waals surface area (Å²) in [6.07, 6.45) is 3.56. The molecule has 7 heteroatoms. The highest BCUT2D eigenvalue weighted by atomic mass is 16.5. The molecule has 1 saturated carbocycles. The Hall–Kier alpha value is -2.70. The first-order valence-electron chi connectivity index (χ1n) is 8.41. The molecule has 0 saturated heterocycles. The van der Waals surface area contributed by atoms with E-state index < -0.39 is 5.54 Å². The number of amides is 2. The molecular formula is C18H22N4O3. The SMILES string of the molecule is CC(=O)Nc1cc(C(=O)NC2(c3noc(C)n3)CCCC2)ccc1C. The van der Waals surface area contributed by atoms with Gasteiger partial charge in [0.2, 0.25) is 11.8 Å². The highest BCUT2D eigenvalue weighted by Gasteiger charge is 2.41. The molecule has 2 amide bonds. The zero-order chi connectivity index (χ0) is 18.0. The highest BCUT2D eigenvalue weighted by Crippen LogP contribution is 2.37. The lowest BCUT2D eigenvalue weighted by atomic mass is 9.95. The van der Waals surface area contributed by atoms with E-state index in [2.05, 4.69) is 20.8 Å². The van der Waals surface area contributed by atoms with Crippen molar-refractivity contribution in [3.05, 3.63) is 41.0 Å². The van der Waals surface area contributed by atoms with Crippen LogP contribution in [0.5, 0.6) is 0 Å². The number of carbonyl (C=O) groups is 2. The van der Waals surface area contributed by atoms with E-state index >= 15 is 0 Å². The monoisotopic (exact) mass is 342 g/mol. The summed E-state index contributed by atoms with van der Waals surface area (Å²) in [6.45, 7) is 5.06. The number of nitrogens with zero attached hydrogens (tertiary/aromatic N) is 2. The van der Waals surface area contributed by atoms with Gasteiger partial charge >= 0.3 is 0 Å². The number of hydrogen-bond acceptors (Lipinski definition) is 5. The summed E-state index contributed by atoms with van der Waals surface area (Å²) >= 11 is 0. The first kappa shape index (κ1) is 17.1. The lowest BCUT2D eigenvalue weighted by molar-refractivity contribution is -0.114. The molecular weight excluding hydrogens is 320 g/mol. The normalized spacial score (nSPS) is 15.8. The van der Waals surface area contributed by atoms with Gasteiger partial charge in [0.1, 0.15) is 5.54 Å². The molecule has 0 spiro atoms. The van der Waals surface area contributed by atoms with Crippen molar-refractivity contribution in [3.63, 3.8) is 0 Å². The van der Waals surface area contributed by atoms with Crippen LogP contribution in [0, 0.1) is 13.8 Å². The molecule has 0 atom stereocenters. The average Bonchev–Trinajstić information content (AvgIpc) is 3.19. The molecule has 2 aromatic rings. The minimum absolute atomic E-state index is 0.171. The molecule has 0 unspecified atom stereocenters. The van der Waals surface area contributed by atoms with Crippen molar-refractivity contribution < 1.29 is 14.1 Å². The maximum atomic E-state index is 12.8. The summed E-state index contributed by atoms with van der Waals surface area (Å²) in [5, 5.41) is 9.88. The third-order valence-corrected chi connectivity index (χ3v) is 4.58. The molecule has 0 radical (unpaired) electrons. The maximum absolute atomic E-state index is 12.8. The van der Waals surface area contributed by atoms with E-state index in [4.69, 9.17) is 4.52 Å². The van der Waals surface area contributed by atoms with E-state index in [1.54, 1.807) is 19.1 Å². The Morgan fingerprint density at radius 1 is 1.20 bits per heavy atom. The van der Waals surface area contributed by atoms with Crippen LogP contribution >= 0.6 is 0 Å². The van der Waals surface area contributed by atoms with Gasteiger partial charge in [0.25, 0.3) is 5.91 Å². The van der Waals surface area contributed by atoms with Crippen LogP contribution in [-0.4, -0.2) is 22.0 Å². The van der Waals surface area contributed by atoms with Crippen molar-refractivity contribution in [2.24, 2.45) is 0 Å². The van der Waals surface area contributed by atoms with E-state index in [1.165, 1.54) is 6.92 Å². The summed E-state index contributed by atoms with van der Waals surface area (Å²) < 4.78 is 5.11. The van der Waals surface area contributed by atoms with Gasteiger partial charge in [0.15, 0.2) is 5.82 Å². The third kappa shape index (κ3) is 3.55. The summed E-state index contributed by atoms with van der Waals surface area (Å²) in [7, 11) is 0. The Morgan fingerprint density at radius 2 is 1.92 bits per heavy atom. The number of carbonyl (C=O) groups excluding carboxylic acids is 2. The minimum atomic E-state index is -0.589. The van der Waals surface area contributed by atoms with Gasteiger partial charge in [-0.15, -0.1) is 0 Å². The van der Waals surface area contributed by atoms with E-state index in [9.17, 15) is 9.59 Å². The van der Waals surface area contributed by atoms with Crippen molar-refractivity contribution in [1.82, 2.24) is 15.5 Å². The summed E-state index contributed by atoms with van der Waals surface area (Å²) in [6, 6.07) is 5.26. The predicted molar refractivity (Wildman–Crippen MR) is 92.1 cm³/mol. The van der Waals surface area contributed by atoms with Crippen LogP contribution in [0.25, 0.3) is 0 Å². The molecule has 1 aliphatic carbocycles. The van der Waals surface area contributed by atoms with Gasteiger partial charge in [-0.3, -0.25) is 9.59 Å². The molecule has 1 aliphatic rings. The fourth-order valence-electron chi connectivity index (χ4n) is 3.25. The molecule has 1 aromatic heterocycles. The van der Waals surface area contributed by atoms with E-state index in [0.717, 1.165) is 31.2 Å². The van der Waals surface area contributed by atoms with Crippen molar-refractivity contribution in [3.8, 4) is 0 Å². The molecule has 3 rings (SSSR count). The molecule has 1 aromatic carbocycles. The maximum Gasteiger partial charge on any atom is 0.252 e. The number of benzene rings is 1. The second kappa shape index (κ2) is 6.66. The van der Waals surface area contributed by atoms with Crippen molar-refractivity contribution in [2.45, 2.75) is 52.0 Å². The van der Waals surface area contributed by atoms with E-state index in [-0.39, 0.29) is 11.8 Å². The first-order valence-corrected chi connectivity index (χ1v) is 8.41. The fourth-order valence-corrected chi connectivity index (χ4v) is 3.25. The Kier molecular flexibility index (Phi) is 4.57. The predicted octanol–water partition coefficient (Wildman–Crippen LogP) is 2.84.